The highest BCUT2D eigenvalue weighted by atomic mass is 16.5. The number of Topliss-reactive ketones (excluding diaryl/α,β-unsaturated/α-hetero) is 1. The van der Waals surface area contributed by atoms with Crippen LogP contribution in [0.15, 0.2) is 0 Å². The summed E-state index contributed by atoms with van der Waals surface area (Å²) >= 11 is 0. The van der Waals surface area contributed by atoms with Crippen LogP contribution in [0, 0.1) is 29.1 Å². The van der Waals surface area contributed by atoms with Gasteiger partial charge in [-0.25, -0.2) is 0 Å². The fourth-order valence-corrected chi connectivity index (χ4v) is 6.28. The van der Waals surface area contributed by atoms with Gasteiger partial charge in [0.25, 0.3) is 0 Å². The van der Waals surface area contributed by atoms with Crippen LogP contribution in [0.4, 0.5) is 0 Å². The van der Waals surface area contributed by atoms with Crippen molar-refractivity contribution < 1.29 is 19.1 Å². The Hall–Kier alpha value is -1.39. The number of esters is 1. The molecule has 1 heterocycles. The monoisotopic (exact) mass is 333 g/mol. The number of rotatable bonds is 2. The number of amides is 1. The van der Waals surface area contributed by atoms with E-state index in [9.17, 15) is 14.4 Å². The molecule has 0 spiro atoms. The Morgan fingerprint density at radius 2 is 1.62 bits per heavy atom. The lowest BCUT2D eigenvalue weighted by Gasteiger charge is -2.56. The third-order valence-corrected chi connectivity index (χ3v) is 6.97. The Labute approximate surface area is 143 Å². The number of nitrogens with zero attached hydrogens (tertiary/aromatic N) is 1. The summed E-state index contributed by atoms with van der Waals surface area (Å²) in [6.45, 7) is 0.971. The lowest BCUT2D eigenvalue weighted by Crippen LogP contribution is -2.54. The maximum atomic E-state index is 13.4. The first kappa shape index (κ1) is 16.1. The average Bonchev–Trinajstić information content (AvgIpc) is 2.74. The van der Waals surface area contributed by atoms with Crippen LogP contribution in [0.25, 0.3) is 0 Å². The third kappa shape index (κ3) is 2.56. The smallest absolute Gasteiger partial charge is 0.316 e. The van der Waals surface area contributed by atoms with Crippen LogP contribution >= 0.6 is 0 Å². The van der Waals surface area contributed by atoms with Gasteiger partial charge in [0.15, 0.2) is 0 Å². The van der Waals surface area contributed by atoms with E-state index >= 15 is 0 Å². The van der Waals surface area contributed by atoms with Crippen LogP contribution in [0.3, 0.4) is 0 Å². The van der Waals surface area contributed by atoms with Gasteiger partial charge in [0.05, 0.1) is 12.5 Å². The normalized spacial score (nSPS) is 41.2. The van der Waals surface area contributed by atoms with Gasteiger partial charge < -0.3 is 9.64 Å². The van der Waals surface area contributed by atoms with Gasteiger partial charge in [0.1, 0.15) is 11.7 Å². The molecule has 4 saturated carbocycles. The number of methoxy groups -OCH3 is 1. The first-order valence-corrected chi connectivity index (χ1v) is 9.40. The zero-order valence-electron chi connectivity index (χ0n) is 14.5. The average molecular weight is 333 g/mol. The minimum atomic E-state index is -0.691. The molecule has 0 aromatic carbocycles. The van der Waals surface area contributed by atoms with E-state index in [0.29, 0.717) is 19.5 Å². The van der Waals surface area contributed by atoms with Gasteiger partial charge in [0.2, 0.25) is 5.91 Å². The molecule has 5 fully saturated rings. The van der Waals surface area contributed by atoms with Crippen LogP contribution in [-0.4, -0.2) is 42.8 Å². The molecule has 132 valence electrons. The topological polar surface area (TPSA) is 63.7 Å². The van der Waals surface area contributed by atoms with Gasteiger partial charge in [-0.2, -0.15) is 0 Å². The lowest BCUT2D eigenvalue weighted by atomic mass is 9.49. The van der Waals surface area contributed by atoms with Crippen molar-refractivity contribution >= 4 is 17.7 Å². The van der Waals surface area contributed by atoms with Crippen molar-refractivity contribution in [2.75, 3.05) is 20.2 Å². The Morgan fingerprint density at radius 3 is 2.17 bits per heavy atom. The Balaban J connectivity index is 1.49. The van der Waals surface area contributed by atoms with Gasteiger partial charge in [0, 0.05) is 19.5 Å². The molecular formula is C19H27NO4. The molecule has 4 bridgehead atoms. The molecule has 24 heavy (non-hydrogen) atoms. The molecule has 5 aliphatic rings. The van der Waals surface area contributed by atoms with Crippen molar-refractivity contribution in [3.8, 4) is 0 Å². The lowest BCUT2D eigenvalue weighted by molar-refractivity contribution is -0.158. The number of ketones is 1. The zero-order chi connectivity index (χ0) is 16.9. The van der Waals surface area contributed by atoms with Gasteiger partial charge in [-0.3, -0.25) is 14.4 Å². The van der Waals surface area contributed by atoms with Gasteiger partial charge in [-0.1, -0.05) is 0 Å². The van der Waals surface area contributed by atoms with E-state index in [-0.39, 0.29) is 23.5 Å². The second-order valence-corrected chi connectivity index (χ2v) is 8.57. The summed E-state index contributed by atoms with van der Waals surface area (Å²) in [6.07, 6.45) is 7.76. The third-order valence-electron chi connectivity index (χ3n) is 6.97. The Bertz CT molecular complexity index is 534. The van der Waals surface area contributed by atoms with Crippen molar-refractivity contribution in [2.45, 2.75) is 51.4 Å². The first-order valence-electron chi connectivity index (χ1n) is 9.40. The van der Waals surface area contributed by atoms with Crippen molar-refractivity contribution in [1.82, 2.24) is 4.90 Å². The van der Waals surface area contributed by atoms with E-state index in [4.69, 9.17) is 4.74 Å². The fourth-order valence-electron chi connectivity index (χ4n) is 6.28. The minimum absolute atomic E-state index is 0.0809. The maximum Gasteiger partial charge on any atom is 0.316 e. The summed E-state index contributed by atoms with van der Waals surface area (Å²) in [5.41, 5.74) is -0.164. The molecule has 0 aromatic heterocycles. The van der Waals surface area contributed by atoms with Crippen molar-refractivity contribution in [1.29, 1.82) is 0 Å². The van der Waals surface area contributed by atoms with Crippen molar-refractivity contribution in [3.05, 3.63) is 0 Å². The zero-order valence-corrected chi connectivity index (χ0v) is 14.5. The van der Waals surface area contributed by atoms with E-state index in [1.807, 2.05) is 4.90 Å². The molecule has 1 atom stereocenters. The number of ether oxygens (including phenoxy) is 1. The second kappa shape index (κ2) is 5.85. The number of likely N-dealkylation sites (tertiary alicyclic amines) is 1. The molecule has 0 aromatic rings. The van der Waals surface area contributed by atoms with Crippen LogP contribution in [0.5, 0.6) is 0 Å². The van der Waals surface area contributed by atoms with Crippen LogP contribution < -0.4 is 0 Å². The van der Waals surface area contributed by atoms with E-state index in [0.717, 1.165) is 37.0 Å². The predicted octanol–water partition coefficient (Wildman–Crippen LogP) is 2.18. The first-order chi connectivity index (χ1) is 11.5. The molecule has 5 heteroatoms. The van der Waals surface area contributed by atoms with E-state index in [2.05, 4.69) is 0 Å². The molecule has 5 nitrogen and oxygen atoms in total. The van der Waals surface area contributed by atoms with E-state index in [1.165, 1.54) is 26.4 Å². The standard InChI is InChI=1S/C19H27NO4/c1-24-17(22)15-2-4-20(5-3-16(15)21)18(23)19-9-12-6-13(10-19)8-14(7-12)11-19/h12-15H,2-11H2,1H3. The van der Waals surface area contributed by atoms with Gasteiger partial charge in [-0.15, -0.1) is 0 Å². The largest absolute Gasteiger partial charge is 0.468 e. The number of carbonyl (C=O) groups excluding carboxylic acids is 3. The molecule has 1 amide bonds. The predicted molar refractivity (Wildman–Crippen MR) is 86.9 cm³/mol. The van der Waals surface area contributed by atoms with Crippen molar-refractivity contribution in [2.24, 2.45) is 29.1 Å². The molecule has 1 saturated heterocycles. The minimum Gasteiger partial charge on any atom is -0.468 e. The summed E-state index contributed by atoms with van der Waals surface area (Å²) in [4.78, 5) is 39.2. The van der Waals surface area contributed by atoms with Crippen LogP contribution in [0.1, 0.15) is 51.4 Å². The molecule has 0 radical (unpaired) electrons. The Morgan fingerprint density at radius 1 is 1.04 bits per heavy atom. The maximum absolute atomic E-state index is 13.4. The molecule has 0 N–H and O–H groups in total. The quantitative estimate of drug-likeness (QED) is 0.574. The molecule has 1 unspecified atom stereocenters. The van der Waals surface area contributed by atoms with Gasteiger partial charge >= 0.3 is 5.97 Å². The molecule has 4 aliphatic carbocycles. The summed E-state index contributed by atoms with van der Waals surface area (Å²) in [7, 11) is 1.32. The van der Waals surface area contributed by atoms with Crippen LogP contribution in [0.2, 0.25) is 0 Å². The van der Waals surface area contributed by atoms with E-state index in [1.54, 1.807) is 0 Å². The number of hydrogen-bond acceptors (Lipinski definition) is 4. The number of hydrogen-bond donors (Lipinski definition) is 0. The molecule has 1 aliphatic heterocycles. The number of carbonyl (C=O) groups is 3. The SMILES string of the molecule is COC(=O)C1CCN(C(=O)C23CC4CC(CC(C4)C2)C3)CCC1=O. The fraction of sp³-hybridized carbons (Fsp3) is 0.842. The molecule has 5 rings (SSSR count). The summed E-state index contributed by atoms with van der Waals surface area (Å²) < 4.78 is 4.75. The van der Waals surface area contributed by atoms with Gasteiger partial charge in [-0.05, 0) is 62.7 Å². The highest BCUT2D eigenvalue weighted by Gasteiger charge is 2.55. The van der Waals surface area contributed by atoms with Crippen molar-refractivity contribution in [3.63, 3.8) is 0 Å². The second-order valence-electron chi connectivity index (χ2n) is 8.57. The highest BCUT2D eigenvalue weighted by Crippen LogP contribution is 2.60. The summed E-state index contributed by atoms with van der Waals surface area (Å²) in [5, 5.41) is 0. The highest BCUT2D eigenvalue weighted by molar-refractivity contribution is 5.99. The summed E-state index contributed by atoms with van der Waals surface area (Å²) in [5.74, 6) is 1.24. The Kier molecular flexibility index (Phi) is 3.92. The molecular weight excluding hydrogens is 306 g/mol. The van der Waals surface area contributed by atoms with Crippen LogP contribution in [-0.2, 0) is 19.1 Å². The van der Waals surface area contributed by atoms with E-state index < -0.39 is 11.9 Å². The summed E-state index contributed by atoms with van der Waals surface area (Å²) in [6, 6.07) is 0.